The molecule has 0 bridgehead atoms. The van der Waals surface area contributed by atoms with Crippen molar-refractivity contribution in [1.29, 1.82) is 0 Å². The molecule has 32 heavy (non-hydrogen) atoms. The number of likely N-dealkylation sites (tertiary alicyclic amines) is 1. The lowest BCUT2D eigenvalue weighted by molar-refractivity contribution is -0.0721. The summed E-state index contributed by atoms with van der Waals surface area (Å²) in [6.07, 6.45) is 8.29. The third-order valence-electron chi connectivity index (χ3n) is 6.83. The number of aliphatic imine (C=N–C) groups is 1. The van der Waals surface area contributed by atoms with Gasteiger partial charge in [0.05, 0.1) is 18.8 Å². The first-order valence-electron chi connectivity index (χ1n) is 12.3. The number of piperazine rings is 1. The van der Waals surface area contributed by atoms with Gasteiger partial charge in [-0.15, -0.1) is 0 Å². The van der Waals surface area contributed by atoms with Crippen LogP contribution in [-0.2, 0) is 16.0 Å². The van der Waals surface area contributed by atoms with Gasteiger partial charge in [-0.25, -0.2) is 4.98 Å². The van der Waals surface area contributed by atoms with Crippen molar-refractivity contribution in [2.75, 3.05) is 71.5 Å². The summed E-state index contributed by atoms with van der Waals surface area (Å²) in [4.78, 5) is 16.3. The largest absolute Gasteiger partial charge is 0.376 e. The monoisotopic (exact) mass is 444 g/mol. The molecule has 1 aromatic rings. The molecule has 0 saturated carbocycles. The van der Waals surface area contributed by atoms with Gasteiger partial charge >= 0.3 is 0 Å². The van der Waals surface area contributed by atoms with Gasteiger partial charge in [-0.1, -0.05) is 6.07 Å². The number of aromatic nitrogens is 1. The molecule has 3 aliphatic heterocycles. The minimum atomic E-state index is 0.299. The topological polar surface area (TPSA) is 65.5 Å². The summed E-state index contributed by atoms with van der Waals surface area (Å²) in [5.74, 6) is 2.04. The summed E-state index contributed by atoms with van der Waals surface area (Å²) >= 11 is 0. The average Bonchev–Trinajstić information content (AvgIpc) is 2.85. The van der Waals surface area contributed by atoms with E-state index in [9.17, 15) is 0 Å². The van der Waals surface area contributed by atoms with Crippen LogP contribution in [0.1, 0.15) is 37.7 Å². The fourth-order valence-corrected chi connectivity index (χ4v) is 4.67. The molecular formula is C24H40N6O2. The molecule has 0 amide bonds. The van der Waals surface area contributed by atoms with Crippen LogP contribution in [0.25, 0.3) is 0 Å². The van der Waals surface area contributed by atoms with Crippen LogP contribution in [0.3, 0.4) is 0 Å². The maximum atomic E-state index is 6.15. The fourth-order valence-electron chi connectivity index (χ4n) is 4.67. The highest BCUT2D eigenvalue weighted by atomic mass is 16.5. The summed E-state index contributed by atoms with van der Waals surface area (Å²) < 4.78 is 11.9. The number of likely N-dealkylation sites (N-methyl/N-ethyl adjacent to an activating group) is 1. The Morgan fingerprint density at radius 3 is 2.59 bits per heavy atom. The van der Waals surface area contributed by atoms with Gasteiger partial charge in [0.25, 0.3) is 0 Å². The quantitative estimate of drug-likeness (QED) is 0.531. The number of piperidine rings is 1. The van der Waals surface area contributed by atoms with Crippen molar-refractivity contribution in [3.05, 3.63) is 23.9 Å². The highest BCUT2D eigenvalue weighted by Crippen LogP contribution is 2.18. The molecule has 4 heterocycles. The Balaban J connectivity index is 1.18. The van der Waals surface area contributed by atoms with Gasteiger partial charge in [0.2, 0.25) is 0 Å². The molecule has 0 aliphatic carbocycles. The molecule has 0 radical (unpaired) electrons. The van der Waals surface area contributed by atoms with Crippen molar-refractivity contribution in [1.82, 2.24) is 20.1 Å². The number of rotatable bonds is 6. The van der Waals surface area contributed by atoms with Crippen LogP contribution in [-0.4, -0.2) is 99.5 Å². The van der Waals surface area contributed by atoms with Crippen LogP contribution in [0.5, 0.6) is 0 Å². The van der Waals surface area contributed by atoms with Crippen molar-refractivity contribution < 1.29 is 9.47 Å². The number of pyridine rings is 1. The van der Waals surface area contributed by atoms with E-state index in [2.05, 4.69) is 44.2 Å². The summed E-state index contributed by atoms with van der Waals surface area (Å²) in [6, 6.07) is 4.32. The second-order valence-electron chi connectivity index (χ2n) is 9.22. The average molecular weight is 445 g/mol. The lowest BCUT2D eigenvalue weighted by atomic mass is 10.1. The Morgan fingerprint density at radius 2 is 1.94 bits per heavy atom. The molecule has 0 spiro atoms. The summed E-state index contributed by atoms with van der Waals surface area (Å²) in [5, 5.41) is 3.51. The zero-order valence-corrected chi connectivity index (χ0v) is 19.8. The van der Waals surface area contributed by atoms with E-state index >= 15 is 0 Å². The number of guanidine groups is 1. The predicted molar refractivity (Wildman–Crippen MR) is 128 cm³/mol. The van der Waals surface area contributed by atoms with E-state index in [-0.39, 0.29) is 0 Å². The normalized spacial score (nSPS) is 24.1. The van der Waals surface area contributed by atoms with Crippen LogP contribution < -0.4 is 10.2 Å². The van der Waals surface area contributed by atoms with Crippen LogP contribution in [0.15, 0.2) is 23.3 Å². The van der Waals surface area contributed by atoms with Crippen LogP contribution in [0.2, 0.25) is 0 Å². The molecule has 3 fully saturated rings. The smallest absolute Gasteiger partial charge is 0.193 e. The van der Waals surface area contributed by atoms with Crippen molar-refractivity contribution in [3.8, 4) is 0 Å². The molecular weight excluding hydrogens is 404 g/mol. The van der Waals surface area contributed by atoms with E-state index in [0.717, 1.165) is 90.1 Å². The minimum absolute atomic E-state index is 0.299. The third-order valence-corrected chi connectivity index (χ3v) is 6.83. The van der Waals surface area contributed by atoms with E-state index in [4.69, 9.17) is 14.5 Å². The van der Waals surface area contributed by atoms with Crippen molar-refractivity contribution in [2.24, 2.45) is 4.99 Å². The lowest BCUT2D eigenvalue weighted by Crippen LogP contribution is -2.47. The number of nitrogens with one attached hydrogen (secondary N) is 1. The van der Waals surface area contributed by atoms with E-state index in [1.807, 2.05) is 13.2 Å². The Bertz CT molecular complexity index is 706. The summed E-state index contributed by atoms with van der Waals surface area (Å²) in [5.41, 5.74) is 1.18. The van der Waals surface area contributed by atoms with Gasteiger partial charge in [-0.3, -0.25) is 4.99 Å². The Labute approximate surface area is 193 Å². The molecule has 0 aromatic carbocycles. The van der Waals surface area contributed by atoms with Gasteiger partial charge in [-0.05, 0) is 50.8 Å². The third kappa shape index (κ3) is 6.56. The second kappa shape index (κ2) is 11.8. The molecule has 8 heteroatoms. The molecule has 8 nitrogen and oxygen atoms in total. The molecule has 3 aliphatic rings. The highest BCUT2D eigenvalue weighted by molar-refractivity contribution is 5.79. The van der Waals surface area contributed by atoms with Gasteiger partial charge in [0, 0.05) is 65.7 Å². The molecule has 1 unspecified atom stereocenters. The first-order valence-corrected chi connectivity index (χ1v) is 12.3. The van der Waals surface area contributed by atoms with Gasteiger partial charge in [0.15, 0.2) is 5.96 Å². The zero-order chi connectivity index (χ0) is 22.2. The Morgan fingerprint density at radius 1 is 1.12 bits per heavy atom. The molecule has 1 aromatic heterocycles. The second-order valence-corrected chi connectivity index (χ2v) is 9.22. The lowest BCUT2D eigenvalue weighted by Gasteiger charge is -2.35. The first kappa shape index (κ1) is 23.3. The van der Waals surface area contributed by atoms with Crippen molar-refractivity contribution in [2.45, 2.75) is 50.9 Å². The Hall–Kier alpha value is -1.90. The SMILES string of the molecule is CN=C(NCc1ccc(N2CCN(C)CC2)nc1)N1CCC(OCC2CCCCO2)CC1. The van der Waals surface area contributed by atoms with E-state index in [0.29, 0.717) is 12.2 Å². The summed E-state index contributed by atoms with van der Waals surface area (Å²) in [7, 11) is 4.04. The van der Waals surface area contributed by atoms with Crippen LogP contribution in [0.4, 0.5) is 5.82 Å². The van der Waals surface area contributed by atoms with Gasteiger partial charge in [-0.2, -0.15) is 0 Å². The molecule has 1 N–H and O–H groups in total. The van der Waals surface area contributed by atoms with E-state index < -0.39 is 0 Å². The number of hydrogen-bond donors (Lipinski definition) is 1. The first-order chi connectivity index (χ1) is 15.7. The number of nitrogens with zero attached hydrogens (tertiary/aromatic N) is 5. The number of ether oxygens (including phenoxy) is 2. The van der Waals surface area contributed by atoms with Gasteiger partial charge < -0.3 is 29.5 Å². The van der Waals surface area contributed by atoms with Crippen LogP contribution >= 0.6 is 0 Å². The minimum Gasteiger partial charge on any atom is -0.376 e. The zero-order valence-electron chi connectivity index (χ0n) is 19.8. The van der Waals surface area contributed by atoms with E-state index in [1.165, 1.54) is 18.4 Å². The maximum absolute atomic E-state index is 6.15. The maximum Gasteiger partial charge on any atom is 0.193 e. The van der Waals surface area contributed by atoms with Crippen molar-refractivity contribution >= 4 is 11.8 Å². The van der Waals surface area contributed by atoms with Gasteiger partial charge in [0.1, 0.15) is 5.82 Å². The highest BCUT2D eigenvalue weighted by Gasteiger charge is 2.24. The standard InChI is InChI=1S/C24H40N6O2/c1-25-24(30-10-8-21(9-11-30)32-19-22-5-3-4-16-31-22)27-18-20-6-7-23(26-17-20)29-14-12-28(2)13-15-29/h6-7,17,21-22H,3-5,8-16,18-19H2,1-2H3,(H,25,27). The Kier molecular flexibility index (Phi) is 8.59. The number of anilines is 1. The summed E-state index contributed by atoms with van der Waals surface area (Å²) in [6.45, 7) is 8.58. The molecule has 1 atom stereocenters. The van der Waals surface area contributed by atoms with Crippen LogP contribution in [0, 0.1) is 0 Å². The molecule has 4 rings (SSSR count). The molecule has 3 saturated heterocycles. The molecule has 178 valence electrons. The predicted octanol–water partition coefficient (Wildman–Crippen LogP) is 1.96. The fraction of sp³-hybridized carbons (Fsp3) is 0.750. The van der Waals surface area contributed by atoms with Crippen molar-refractivity contribution in [3.63, 3.8) is 0 Å². The van der Waals surface area contributed by atoms with E-state index in [1.54, 1.807) is 0 Å². The number of hydrogen-bond acceptors (Lipinski definition) is 6.